The number of likely N-dealkylation sites (N-methyl/N-ethyl adjacent to an activating group) is 1. The van der Waals surface area contributed by atoms with Crippen LogP contribution < -0.4 is 5.09 Å². The second-order valence-electron chi connectivity index (χ2n) is 8.23. The van der Waals surface area contributed by atoms with Crippen molar-refractivity contribution in [1.82, 2.24) is 9.99 Å². The van der Waals surface area contributed by atoms with Crippen LogP contribution in [0.5, 0.6) is 0 Å². The molecule has 0 aliphatic rings. The molecule has 0 aromatic heterocycles. The maximum absolute atomic E-state index is 11.9. The molecular formula is C24H51N2O3P. The Morgan fingerprint density at radius 1 is 0.800 bits per heavy atom. The Balaban J connectivity index is 3.39. The molecule has 1 unspecified atom stereocenters. The number of allylic oxidation sites excluding steroid dienone is 2. The van der Waals surface area contributed by atoms with Crippen LogP contribution in [0, 0.1) is 0 Å². The van der Waals surface area contributed by atoms with Gasteiger partial charge in [-0.05, 0) is 45.2 Å². The van der Waals surface area contributed by atoms with Crippen LogP contribution in [0.3, 0.4) is 0 Å². The van der Waals surface area contributed by atoms with Crippen molar-refractivity contribution in [3.63, 3.8) is 0 Å². The summed E-state index contributed by atoms with van der Waals surface area (Å²) in [6.45, 7) is 9.80. The Kier molecular flexibility index (Phi) is 21.9. The van der Waals surface area contributed by atoms with Gasteiger partial charge in [-0.1, -0.05) is 90.7 Å². The fraction of sp³-hybridized carbons (Fsp3) is 0.917. The van der Waals surface area contributed by atoms with E-state index in [1.54, 1.807) is 0 Å². The Hall–Kier alpha value is -0.190. The Labute approximate surface area is 187 Å². The molecule has 0 rings (SSSR count). The Morgan fingerprint density at radius 3 is 1.83 bits per heavy atom. The molecule has 0 bridgehead atoms. The third-order valence-corrected chi connectivity index (χ3v) is 6.72. The number of hydrogen-bond donors (Lipinski definition) is 2. The molecule has 30 heavy (non-hydrogen) atoms. The minimum atomic E-state index is -3.64. The molecule has 2 N–H and O–H groups in total. The maximum Gasteiger partial charge on any atom is 0.402 e. The van der Waals surface area contributed by atoms with Crippen LogP contribution in [0.25, 0.3) is 0 Å². The van der Waals surface area contributed by atoms with E-state index in [-0.39, 0.29) is 6.61 Å². The van der Waals surface area contributed by atoms with Crippen molar-refractivity contribution in [2.24, 2.45) is 0 Å². The largest absolute Gasteiger partial charge is 0.402 e. The van der Waals surface area contributed by atoms with Gasteiger partial charge in [-0.15, -0.1) is 0 Å². The van der Waals surface area contributed by atoms with Crippen molar-refractivity contribution in [2.75, 3.05) is 32.8 Å². The molecule has 6 heteroatoms. The fourth-order valence-corrected chi connectivity index (χ4v) is 4.33. The highest BCUT2D eigenvalue weighted by Gasteiger charge is 2.18. The lowest BCUT2D eigenvalue weighted by atomic mass is 10.1. The highest BCUT2D eigenvalue weighted by molar-refractivity contribution is 7.50. The zero-order valence-corrected chi connectivity index (χ0v) is 21.1. The first-order chi connectivity index (χ1) is 14.6. The first-order valence-corrected chi connectivity index (χ1v) is 14.2. The SMILES string of the molecule is CCCCCCCC/C=C\CCCCCCCCNP(=O)(O)OCCN(CC)CC. The summed E-state index contributed by atoms with van der Waals surface area (Å²) in [4.78, 5) is 12.0. The Morgan fingerprint density at radius 2 is 1.30 bits per heavy atom. The van der Waals surface area contributed by atoms with Gasteiger partial charge in [-0.25, -0.2) is 9.65 Å². The molecule has 0 aromatic rings. The first kappa shape index (κ1) is 29.8. The second kappa shape index (κ2) is 22.0. The van der Waals surface area contributed by atoms with E-state index >= 15 is 0 Å². The normalized spacial score (nSPS) is 14.0. The zero-order chi connectivity index (χ0) is 22.3. The molecule has 0 saturated carbocycles. The molecular weight excluding hydrogens is 395 g/mol. The predicted molar refractivity (Wildman–Crippen MR) is 131 cm³/mol. The molecule has 5 nitrogen and oxygen atoms in total. The molecule has 1 atom stereocenters. The lowest BCUT2D eigenvalue weighted by molar-refractivity contribution is 0.197. The molecule has 0 radical (unpaired) electrons. The summed E-state index contributed by atoms with van der Waals surface area (Å²) in [5.74, 6) is 0. The van der Waals surface area contributed by atoms with Crippen LogP contribution >= 0.6 is 7.75 Å². The van der Waals surface area contributed by atoms with Gasteiger partial charge >= 0.3 is 7.75 Å². The van der Waals surface area contributed by atoms with Crippen LogP contribution in [0.15, 0.2) is 12.2 Å². The third kappa shape index (κ3) is 21.1. The van der Waals surface area contributed by atoms with Crippen molar-refractivity contribution in [1.29, 1.82) is 0 Å². The molecule has 0 aliphatic carbocycles. The lowest BCUT2D eigenvalue weighted by Crippen LogP contribution is -2.27. The quantitative estimate of drug-likeness (QED) is 0.0998. The Bertz CT molecular complexity index is 429. The summed E-state index contributed by atoms with van der Waals surface area (Å²) in [6, 6.07) is 0. The lowest BCUT2D eigenvalue weighted by Gasteiger charge is -2.19. The van der Waals surface area contributed by atoms with E-state index in [1.165, 1.54) is 77.0 Å². The van der Waals surface area contributed by atoms with Gasteiger partial charge in [0.15, 0.2) is 0 Å². The molecule has 0 fully saturated rings. The van der Waals surface area contributed by atoms with Gasteiger partial charge in [0.05, 0.1) is 6.61 Å². The van der Waals surface area contributed by atoms with E-state index in [4.69, 9.17) is 4.52 Å². The highest BCUT2D eigenvalue weighted by atomic mass is 31.2. The minimum absolute atomic E-state index is 0.288. The molecule has 0 aliphatic heterocycles. The van der Waals surface area contributed by atoms with E-state index in [0.29, 0.717) is 13.1 Å². The maximum atomic E-state index is 11.9. The fourth-order valence-electron chi connectivity index (χ4n) is 3.47. The average molecular weight is 447 g/mol. The van der Waals surface area contributed by atoms with Gasteiger partial charge in [-0.2, -0.15) is 0 Å². The van der Waals surface area contributed by atoms with E-state index in [0.717, 1.165) is 25.9 Å². The summed E-state index contributed by atoms with van der Waals surface area (Å²) >= 11 is 0. The zero-order valence-electron chi connectivity index (χ0n) is 20.2. The van der Waals surface area contributed by atoms with Gasteiger partial charge in [0.1, 0.15) is 0 Å². The topological polar surface area (TPSA) is 61.8 Å². The van der Waals surface area contributed by atoms with Crippen LogP contribution in [0.1, 0.15) is 111 Å². The van der Waals surface area contributed by atoms with Crippen molar-refractivity contribution in [2.45, 2.75) is 111 Å². The van der Waals surface area contributed by atoms with Crippen molar-refractivity contribution in [3.05, 3.63) is 12.2 Å². The van der Waals surface area contributed by atoms with Crippen LogP contribution in [-0.4, -0.2) is 42.6 Å². The van der Waals surface area contributed by atoms with E-state index in [9.17, 15) is 9.46 Å². The number of nitrogens with zero attached hydrogens (tertiary/aromatic N) is 1. The number of hydrogen-bond acceptors (Lipinski definition) is 3. The molecule has 0 amide bonds. The third-order valence-electron chi connectivity index (χ3n) is 5.57. The molecule has 0 heterocycles. The van der Waals surface area contributed by atoms with Gasteiger partial charge in [0, 0.05) is 13.1 Å². The van der Waals surface area contributed by atoms with Gasteiger partial charge < -0.3 is 9.79 Å². The predicted octanol–water partition coefficient (Wildman–Crippen LogP) is 7.07. The second-order valence-corrected chi connectivity index (χ2v) is 9.84. The summed E-state index contributed by atoms with van der Waals surface area (Å²) in [5.41, 5.74) is 0. The smallest absolute Gasteiger partial charge is 0.312 e. The van der Waals surface area contributed by atoms with Gasteiger partial charge in [0.2, 0.25) is 0 Å². The molecule has 0 aromatic carbocycles. The number of rotatable bonds is 23. The van der Waals surface area contributed by atoms with Crippen molar-refractivity contribution < 1.29 is 14.0 Å². The average Bonchev–Trinajstić information content (AvgIpc) is 2.73. The summed E-state index contributed by atoms with van der Waals surface area (Å²) in [5, 5.41) is 2.68. The van der Waals surface area contributed by atoms with Gasteiger partial charge in [-0.3, -0.25) is 4.52 Å². The van der Waals surface area contributed by atoms with Crippen LogP contribution in [0.4, 0.5) is 0 Å². The highest BCUT2D eigenvalue weighted by Crippen LogP contribution is 2.36. The van der Waals surface area contributed by atoms with Crippen molar-refractivity contribution in [3.8, 4) is 0 Å². The minimum Gasteiger partial charge on any atom is -0.312 e. The molecule has 0 spiro atoms. The van der Waals surface area contributed by atoms with E-state index < -0.39 is 7.75 Å². The molecule has 180 valence electrons. The summed E-state index contributed by atoms with van der Waals surface area (Å²) in [7, 11) is -3.64. The summed E-state index contributed by atoms with van der Waals surface area (Å²) < 4.78 is 17.1. The van der Waals surface area contributed by atoms with E-state index in [1.807, 2.05) is 0 Å². The van der Waals surface area contributed by atoms with Gasteiger partial charge in [0.25, 0.3) is 0 Å². The van der Waals surface area contributed by atoms with Crippen molar-refractivity contribution >= 4 is 7.75 Å². The molecule has 0 saturated heterocycles. The van der Waals surface area contributed by atoms with E-state index in [2.05, 4.69) is 42.9 Å². The monoisotopic (exact) mass is 446 g/mol. The van der Waals surface area contributed by atoms with Crippen LogP contribution in [0.2, 0.25) is 0 Å². The van der Waals surface area contributed by atoms with Crippen LogP contribution in [-0.2, 0) is 9.09 Å². The number of unbranched alkanes of at least 4 members (excludes halogenated alkanes) is 12. The first-order valence-electron chi connectivity index (χ1n) is 12.7. The summed E-state index contributed by atoms with van der Waals surface area (Å²) in [6.07, 6.45) is 22.4. The standard InChI is InChI=1S/C24H51N2O3P/c1-4-7-8-9-10-11-12-13-14-15-16-17-18-19-20-21-22-25-30(27,28)29-24-23-26(5-2)6-3/h13-14H,4-12,15-24H2,1-3H3,(H2,25,27,28)/b14-13-. The number of nitrogens with one attached hydrogen (secondary N) is 1.